The van der Waals surface area contributed by atoms with E-state index in [1.54, 1.807) is 0 Å². The summed E-state index contributed by atoms with van der Waals surface area (Å²) in [5.41, 5.74) is 0.435. The molecule has 0 bridgehead atoms. The first-order valence-corrected chi connectivity index (χ1v) is 6.60. The van der Waals surface area contributed by atoms with Gasteiger partial charge in [-0.05, 0) is 43.5 Å². The highest BCUT2D eigenvalue weighted by Gasteiger charge is 2.39. The van der Waals surface area contributed by atoms with Gasteiger partial charge in [-0.1, -0.05) is 28.1 Å². The molecule has 1 unspecified atom stereocenters. The summed E-state index contributed by atoms with van der Waals surface area (Å²) in [4.78, 5) is 11.5. The topological polar surface area (TPSA) is 49.3 Å². The summed E-state index contributed by atoms with van der Waals surface area (Å²) in [6, 6.07) is 7.89. The summed E-state index contributed by atoms with van der Waals surface area (Å²) >= 11 is 3.42. The fourth-order valence-electron chi connectivity index (χ4n) is 2.41. The van der Waals surface area contributed by atoms with E-state index >= 15 is 0 Å². The van der Waals surface area contributed by atoms with Crippen LogP contribution in [0.3, 0.4) is 0 Å². The minimum atomic E-state index is -0.690. The smallest absolute Gasteiger partial charge is 0.311 e. The maximum absolute atomic E-state index is 11.5. The molecule has 0 saturated carbocycles. The van der Waals surface area contributed by atoms with E-state index in [-0.39, 0.29) is 0 Å². The number of hydrogen-bond donors (Lipinski definition) is 2. The van der Waals surface area contributed by atoms with E-state index in [2.05, 4.69) is 21.2 Å². The lowest BCUT2D eigenvalue weighted by atomic mass is 9.76. The lowest BCUT2D eigenvalue weighted by molar-refractivity contribution is -0.150. The van der Waals surface area contributed by atoms with Crippen LogP contribution in [-0.2, 0) is 11.2 Å². The van der Waals surface area contributed by atoms with Gasteiger partial charge in [-0.2, -0.15) is 0 Å². The molecule has 0 aliphatic carbocycles. The van der Waals surface area contributed by atoms with Crippen molar-refractivity contribution in [3.8, 4) is 0 Å². The van der Waals surface area contributed by atoms with Gasteiger partial charge in [-0.25, -0.2) is 0 Å². The van der Waals surface area contributed by atoms with Crippen molar-refractivity contribution >= 4 is 21.9 Å². The highest BCUT2D eigenvalue weighted by molar-refractivity contribution is 9.10. The van der Waals surface area contributed by atoms with E-state index in [9.17, 15) is 9.90 Å². The first-order chi connectivity index (χ1) is 8.12. The third-order valence-electron chi connectivity index (χ3n) is 3.36. The minimum absolute atomic E-state index is 0.564. The molecule has 1 atom stereocenters. The second-order valence-electron chi connectivity index (χ2n) is 4.67. The number of benzene rings is 1. The molecule has 0 aromatic heterocycles. The number of carboxylic acids is 1. The fraction of sp³-hybridized carbons (Fsp3) is 0.462. The molecule has 1 aromatic rings. The Bertz CT molecular complexity index is 414. The molecule has 1 aliphatic rings. The van der Waals surface area contributed by atoms with Crippen LogP contribution < -0.4 is 5.32 Å². The van der Waals surface area contributed by atoms with Crippen molar-refractivity contribution in [2.45, 2.75) is 19.3 Å². The van der Waals surface area contributed by atoms with Gasteiger partial charge in [0.1, 0.15) is 0 Å². The van der Waals surface area contributed by atoms with Gasteiger partial charge in [0, 0.05) is 11.0 Å². The molecule has 2 rings (SSSR count). The van der Waals surface area contributed by atoms with Crippen LogP contribution >= 0.6 is 15.9 Å². The van der Waals surface area contributed by atoms with E-state index in [4.69, 9.17) is 0 Å². The Morgan fingerprint density at radius 1 is 1.53 bits per heavy atom. The normalized spacial score (nSPS) is 24.5. The Labute approximate surface area is 109 Å². The standard InChI is InChI=1S/C13H16BrNO2/c14-11-4-1-3-10(7-11)8-13(12(16)17)5-2-6-15-9-13/h1,3-4,7,15H,2,5-6,8-9H2,(H,16,17). The molecule has 1 heterocycles. The number of nitrogens with one attached hydrogen (secondary N) is 1. The minimum Gasteiger partial charge on any atom is -0.481 e. The Morgan fingerprint density at radius 2 is 2.35 bits per heavy atom. The Kier molecular flexibility index (Phi) is 3.84. The SMILES string of the molecule is O=C(O)C1(Cc2cccc(Br)c2)CCCNC1. The number of rotatable bonds is 3. The van der Waals surface area contributed by atoms with Crippen LogP contribution in [0.2, 0.25) is 0 Å². The Hall–Kier alpha value is -0.870. The predicted octanol–water partition coefficient (Wildman–Crippen LogP) is 2.45. The number of halogens is 1. The number of aliphatic carboxylic acids is 1. The average Bonchev–Trinajstić information content (AvgIpc) is 2.30. The number of hydrogen-bond acceptors (Lipinski definition) is 2. The lowest BCUT2D eigenvalue weighted by Gasteiger charge is -2.33. The third-order valence-corrected chi connectivity index (χ3v) is 3.85. The van der Waals surface area contributed by atoms with Gasteiger partial charge in [-0.15, -0.1) is 0 Å². The van der Waals surface area contributed by atoms with Crippen molar-refractivity contribution < 1.29 is 9.90 Å². The Morgan fingerprint density at radius 3 is 2.94 bits per heavy atom. The number of carboxylic acid groups (broad SMARTS) is 1. The van der Waals surface area contributed by atoms with Crippen LogP contribution in [0.15, 0.2) is 28.7 Å². The van der Waals surface area contributed by atoms with Gasteiger partial charge in [0.2, 0.25) is 0 Å². The van der Waals surface area contributed by atoms with Crippen LogP contribution in [-0.4, -0.2) is 24.2 Å². The van der Waals surface area contributed by atoms with E-state index in [0.717, 1.165) is 29.4 Å². The van der Waals surface area contributed by atoms with Crippen LogP contribution in [0.25, 0.3) is 0 Å². The van der Waals surface area contributed by atoms with E-state index in [1.807, 2.05) is 24.3 Å². The van der Waals surface area contributed by atoms with E-state index in [0.29, 0.717) is 13.0 Å². The van der Waals surface area contributed by atoms with Crippen molar-refractivity contribution in [1.29, 1.82) is 0 Å². The van der Waals surface area contributed by atoms with Crippen molar-refractivity contribution in [2.24, 2.45) is 5.41 Å². The second-order valence-corrected chi connectivity index (χ2v) is 5.59. The highest BCUT2D eigenvalue weighted by atomic mass is 79.9. The maximum Gasteiger partial charge on any atom is 0.311 e. The molecule has 17 heavy (non-hydrogen) atoms. The molecule has 0 radical (unpaired) electrons. The summed E-state index contributed by atoms with van der Waals surface area (Å²) in [7, 11) is 0. The zero-order chi connectivity index (χ0) is 12.3. The summed E-state index contributed by atoms with van der Waals surface area (Å²) in [6.07, 6.45) is 2.27. The fourth-order valence-corrected chi connectivity index (χ4v) is 2.86. The van der Waals surface area contributed by atoms with E-state index in [1.165, 1.54) is 0 Å². The van der Waals surface area contributed by atoms with Gasteiger partial charge < -0.3 is 10.4 Å². The van der Waals surface area contributed by atoms with Gasteiger partial charge >= 0.3 is 5.97 Å². The molecular formula is C13H16BrNO2. The van der Waals surface area contributed by atoms with Gasteiger partial charge in [0.15, 0.2) is 0 Å². The molecule has 0 amide bonds. The predicted molar refractivity (Wildman–Crippen MR) is 70.0 cm³/mol. The van der Waals surface area contributed by atoms with Gasteiger partial charge in [-0.3, -0.25) is 4.79 Å². The molecular weight excluding hydrogens is 282 g/mol. The first kappa shape index (κ1) is 12.6. The molecule has 1 aliphatic heterocycles. The molecule has 92 valence electrons. The zero-order valence-electron chi connectivity index (χ0n) is 9.58. The largest absolute Gasteiger partial charge is 0.481 e. The zero-order valence-corrected chi connectivity index (χ0v) is 11.2. The van der Waals surface area contributed by atoms with Crippen molar-refractivity contribution in [3.63, 3.8) is 0 Å². The second kappa shape index (κ2) is 5.19. The molecule has 4 heteroatoms. The van der Waals surface area contributed by atoms with Crippen LogP contribution in [0, 0.1) is 5.41 Å². The molecule has 2 N–H and O–H groups in total. The summed E-state index contributed by atoms with van der Waals surface area (Å²) in [6.45, 7) is 1.49. The molecule has 1 saturated heterocycles. The molecule has 1 aromatic carbocycles. The lowest BCUT2D eigenvalue weighted by Crippen LogP contribution is -2.47. The van der Waals surface area contributed by atoms with Crippen molar-refractivity contribution in [1.82, 2.24) is 5.32 Å². The quantitative estimate of drug-likeness (QED) is 0.901. The molecule has 0 spiro atoms. The van der Waals surface area contributed by atoms with Crippen LogP contribution in [0.1, 0.15) is 18.4 Å². The molecule has 1 fully saturated rings. The summed E-state index contributed by atoms with van der Waals surface area (Å²) in [5, 5.41) is 12.7. The average molecular weight is 298 g/mol. The highest BCUT2D eigenvalue weighted by Crippen LogP contribution is 2.31. The van der Waals surface area contributed by atoms with Crippen LogP contribution in [0.5, 0.6) is 0 Å². The van der Waals surface area contributed by atoms with E-state index < -0.39 is 11.4 Å². The maximum atomic E-state index is 11.5. The van der Waals surface area contributed by atoms with Gasteiger partial charge in [0.25, 0.3) is 0 Å². The third kappa shape index (κ3) is 2.87. The van der Waals surface area contributed by atoms with Gasteiger partial charge in [0.05, 0.1) is 5.41 Å². The molecule has 3 nitrogen and oxygen atoms in total. The van der Waals surface area contributed by atoms with Crippen molar-refractivity contribution in [2.75, 3.05) is 13.1 Å². The number of piperidine rings is 1. The summed E-state index contributed by atoms with van der Waals surface area (Å²) < 4.78 is 0.999. The number of carbonyl (C=O) groups is 1. The van der Waals surface area contributed by atoms with Crippen LogP contribution in [0.4, 0.5) is 0 Å². The Balaban J connectivity index is 2.20. The summed E-state index contributed by atoms with van der Waals surface area (Å²) in [5.74, 6) is -0.690. The first-order valence-electron chi connectivity index (χ1n) is 5.81. The van der Waals surface area contributed by atoms with Crippen molar-refractivity contribution in [3.05, 3.63) is 34.3 Å². The monoisotopic (exact) mass is 297 g/mol.